The van der Waals surface area contributed by atoms with Crippen LogP contribution < -0.4 is 10.5 Å². The molecule has 2 nitrogen and oxygen atoms in total. The lowest BCUT2D eigenvalue weighted by Crippen LogP contribution is -2.15. The smallest absolute Gasteiger partial charge is 0.165 e. The van der Waals surface area contributed by atoms with Gasteiger partial charge in [0.25, 0.3) is 0 Å². The first-order valence-electron chi connectivity index (χ1n) is 6.36. The molecule has 0 aliphatic rings. The van der Waals surface area contributed by atoms with Crippen molar-refractivity contribution in [2.75, 3.05) is 7.11 Å². The molecule has 0 amide bonds. The van der Waals surface area contributed by atoms with Crippen molar-refractivity contribution in [3.8, 4) is 5.75 Å². The Morgan fingerprint density at radius 1 is 1.20 bits per heavy atom. The second-order valence-electron chi connectivity index (χ2n) is 4.76. The predicted molar refractivity (Wildman–Crippen MR) is 74.7 cm³/mol. The summed E-state index contributed by atoms with van der Waals surface area (Å²) in [6.45, 7) is 1.69. The number of aryl methyl sites for hydroxylation is 1. The molecular formula is C16H17F2NO. The van der Waals surface area contributed by atoms with Crippen LogP contribution in [0.25, 0.3) is 0 Å². The molecule has 2 aromatic rings. The van der Waals surface area contributed by atoms with E-state index in [1.807, 2.05) is 0 Å². The van der Waals surface area contributed by atoms with Crippen LogP contribution in [0.2, 0.25) is 0 Å². The molecule has 106 valence electrons. The summed E-state index contributed by atoms with van der Waals surface area (Å²) in [7, 11) is 1.41. The van der Waals surface area contributed by atoms with Gasteiger partial charge in [0.2, 0.25) is 0 Å². The van der Waals surface area contributed by atoms with Crippen LogP contribution in [0.4, 0.5) is 8.78 Å². The third-order valence-electron chi connectivity index (χ3n) is 3.29. The Bertz CT molecular complexity index is 613. The van der Waals surface area contributed by atoms with Gasteiger partial charge in [-0.05, 0) is 36.6 Å². The molecule has 0 heterocycles. The van der Waals surface area contributed by atoms with Crippen LogP contribution in [0.3, 0.4) is 0 Å². The van der Waals surface area contributed by atoms with Gasteiger partial charge in [0.1, 0.15) is 5.82 Å². The van der Waals surface area contributed by atoms with Crippen molar-refractivity contribution in [3.63, 3.8) is 0 Å². The molecule has 2 N–H and O–H groups in total. The number of nitrogens with two attached hydrogens (primary N) is 1. The monoisotopic (exact) mass is 277 g/mol. The second-order valence-corrected chi connectivity index (χ2v) is 4.76. The van der Waals surface area contributed by atoms with Crippen molar-refractivity contribution in [1.29, 1.82) is 0 Å². The van der Waals surface area contributed by atoms with Crippen molar-refractivity contribution in [2.45, 2.75) is 19.4 Å². The first-order valence-corrected chi connectivity index (χ1v) is 6.36. The summed E-state index contributed by atoms with van der Waals surface area (Å²) in [5, 5.41) is 0. The lowest BCUT2D eigenvalue weighted by atomic mass is 9.97. The largest absolute Gasteiger partial charge is 0.494 e. The zero-order valence-electron chi connectivity index (χ0n) is 11.5. The molecule has 0 aromatic heterocycles. The molecule has 0 saturated heterocycles. The summed E-state index contributed by atoms with van der Waals surface area (Å²) < 4.78 is 32.4. The highest BCUT2D eigenvalue weighted by Gasteiger charge is 2.14. The van der Waals surface area contributed by atoms with E-state index in [9.17, 15) is 8.78 Å². The molecular weight excluding hydrogens is 260 g/mol. The Hall–Kier alpha value is -1.94. The van der Waals surface area contributed by atoms with Crippen LogP contribution in [-0.4, -0.2) is 7.11 Å². The number of rotatable bonds is 4. The highest BCUT2D eigenvalue weighted by molar-refractivity contribution is 5.32. The minimum atomic E-state index is -0.511. The molecule has 0 saturated carbocycles. The van der Waals surface area contributed by atoms with Gasteiger partial charge in [-0.1, -0.05) is 24.3 Å². The Morgan fingerprint density at radius 3 is 2.60 bits per heavy atom. The second kappa shape index (κ2) is 6.01. The Morgan fingerprint density at radius 2 is 1.95 bits per heavy atom. The van der Waals surface area contributed by atoms with Crippen molar-refractivity contribution in [1.82, 2.24) is 0 Å². The molecule has 1 atom stereocenters. The zero-order chi connectivity index (χ0) is 14.7. The van der Waals surface area contributed by atoms with Crippen LogP contribution in [0.1, 0.15) is 22.7 Å². The number of benzene rings is 2. The van der Waals surface area contributed by atoms with Crippen LogP contribution in [-0.2, 0) is 6.42 Å². The van der Waals surface area contributed by atoms with Gasteiger partial charge in [0.15, 0.2) is 11.6 Å². The Labute approximate surface area is 117 Å². The van der Waals surface area contributed by atoms with Crippen LogP contribution in [0.5, 0.6) is 5.75 Å². The normalized spacial score (nSPS) is 12.2. The first kappa shape index (κ1) is 14.5. The van der Waals surface area contributed by atoms with Gasteiger partial charge in [-0.15, -0.1) is 0 Å². The summed E-state index contributed by atoms with van der Waals surface area (Å²) in [5.41, 5.74) is 7.73. The number of hydrogen-bond donors (Lipinski definition) is 1. The maximum atomic E-state index is 14.0. The lowest BCUT2D eigenvalue weighted by molar-refractivity contribution is 0.386. The average molecular weight is 277 g/mol. The van der Waals surface area contributed by atoms with Crippen LogP contribution in [0, 0.1) is 18.6 Å². The van der Waals surface area contributed by atoms with Gasteiger partial charge in [0.05, 0.1) is 7.11 Å². The van der Waals surface area contributed by atoms with E-state index < -0.39 is 11.9 Å². The van der Waals surface area contributed by atoms with Gasteiger partial charge in [-0.3, -0.25) is 0 Å². The molecule has 0 radical (unpaired) electrons. The van der Waals surface area contributed by atoms with E-state index in [-0.39, 0.29) is 11.6 Å². The minimum Gasteiger partial charge on any atom is -0.494 e. The van der Waals surface area contributed by atoms with Crippen molar-refractivity contribution in [3.05, 3.63) is 64.7 Å². The van der Waals surface area contributed by atoms with E-state index in [1.165, 1.54) is 13.2 Å². The predicted octanol–water partition coefficient (Wildman–Crippen LogP) is 3.52. The third kappa shape index (κ3) is 2.96. The zero-order valence-corrected chi connectivity index (χ0v) is 11.5. The highest BCUT2D eigenvalue weighted by atomic mass is 19.1. The maximum Gasteiger partial charge on any atom is 0.165 e. The molecule has 2 aromatic carbocycles. The number of methoxy groups -OCH3 is 1. The Balaban J connectivity index is 2.21. The van der Waals surface area contributed by atoms with Gasteiger partial charge in [0, 0.05) is 11.6 Å². The maximum absolute atomic E-state index is 14.0. The van der Waals surface area contributed by atoms with E-state index in [0.29, 0.717) is 23.1 Å². The Kier molecular flexibility index (Phi) is 4.35. The summed E-state index contributed by atoms with van der Waals surface area (Å²) in [6.07, 6.45) is 0.362. The number of hydrogen-bond acceptors (Lipinski definition) is 2. The molecule has 0 fully saturated rings. The van der Waals surface area contributed by atoms with Gasteiger partial charge >= 0.3 is 0 Å². The van der Waals surface area contributed by atoms with Crippen molar-refractivity contribution < 1.29 is 13.5 Å². The summed E-state index contributed by atoms with van der Waals surface area (Å²) >= 11 is 0. The van der Waals surface area contributed by atoms with E-state index in [2.05, 4.69) is 0 Å². The van der Waals surface area contributed by atoms with Gasteiger partial charge < -0.3 is 10.5 Å². The molecule has 4 heteroatoms. The van der Waals surface area contributed by atoms with E-state index in [0.717, 1.165) is 0 Å². The number of halogens is 2. The summed E-state index contributed by atoms with van der Waals surface area (Å²) in [5.74, 6) is -0.556. The molecule has 0 aliphatic heterocycles. The number of ether oxygens (including phenoxy) is 1. The van der Waals surface area contributed by atoms with Gasteiger partial charge in [-0.2, -0.15) is 0 Å². The van der Waals surface area contributed by atoms with E-state index in [4.69, 9.17) is 10.5 Å². The van der Waals surface area contributed by atoms with Crippen LogP contribution >= 0.6 is 0 Å². The molecule has 20 heavy (non-hydrogen) atoms. The highest BCUT2D eigenvalue weighted by Crippen LogP contribution is 2.24. The average Bonchev–Trinajstić information content (AvgIpc) is 2.42. The molecule has 0 bridgehead atoms. The molecule has 0 spiro atoms. The molecule has 1 unspecified atom stereocenters. The van der Waals surface area contributed by atoms with Crippen LogP contribution in [0.15, 0.2) is 36.4 Å². The fourth-order valence-corrected chi connectivity index (χ4v) is 2.16. The van der Waals surface area contributed by atoms with Crippen molar-refractivity contribution >= 4 is 0 Å². The molecule has 0 aliphatic carbocycles. The quantitative estimate of drug-likeness (QED) is 0.928. The third-order valence-corrected chi connectivity index (χ3v) is 3.29. The summed E-state index contributed by atoms with van der Waals surface area (Å²) in [6, 6.07) is 9.25. The topological polar surface area (TPSA) is 35.2 Å². The fourth-order valence-electron chi connectivity index (χ4n) is 2.16. The minimum absolute atomic E-state index is 0.184. The van der Waals surface area contributed by atoms with Crippen molar-refractivity contribution in [2.24, 2.45) is 5.73 Å². The van der Waals surface area contributed by atoms with Gasteiger partial charge in [-0.25, -0.2) is 8.78 Å². The lowest BCUT2D eigenvalue weighted by Gasteiger charge is -2.14. The standard InChI is InChI=1S/C16H17F2NO/c1-10-4-3-5-12(16(10)18)14(19)9-11-6-7-15(20-2)13(17)8-11/h3-8,14H,9,19H2,1-2H3. The molecule has 2 rings (SSSR count). The van der Waals surface area contributed by atoms with E-state index >= 15 is 0 Å². The first-order chi connectivity index (χ1) is 9.52. The van der Waals surface area contributed by atoms with E-state index in [1.54, 1.807) is 37.3 Å². The fraction of sp³-hybridized carbons (Fsp3) is 0.250. The summed E-state index contributed by atoms with van der Waals surface area (Å²) in [4.78, 5) is 0. The SMILES string of the molecule is COc1ccc(CC(N)c2cccc(C)c2F)cc1F.